The van der Waals surface area contributed by atoms with Gasteiger partial charge in [0.2, 0.25) is 0 Å². The summed E-state index contributed by atoms with van der Waals surface area (Å²) in [7, 11) is 2.99. The van der Waals surface area contributed by atoms with Gasteiger partial charge in [0.1, 0.15) is 0 Å². The zero-order valence-electron chi connectivity index (χ0n) is 15.3. The lowest BCUT2D eigenvalue weighted by Gasteiger charge is -2.18. The van der Waals surface area contributed by atoms with Crippen molar-refractivity contribution in [3.63, 3.8) is 0 Å². The van der Waals surface area contributed by atoms with Crippen LogP contribution in [0.25, 0.3) is 0 Å². The fourth-order valence-corrected chi connectivity index (χ4v) is 2.40. The molecule has 0 aliphatic carbocycles. The van der Waals surface area contributed by atoms with Crippen LogP contribution in [0, 0.1) is 0 Å². The minimum absolute atomic E-state index is 0.189. The Labute approximate surface area is 153 Å². The number of carbonyl (C=O) groups excluding carboxylic acids is 2. The summed E-state index contributed by atoms with van der Waals surface area (Å²) in [6, 6.07) is 14.0. The standard InChI is InChI=1S/C20H23NO5/c1-13(15-8-6-5-7-9-15)21-19(22)14(2)26-20(23)16-10-11-17(24-3)18(12-16)25-4/h5-14H,1-4H3,(H,21,22). The van der Waals surface area contributed by atoms with Crippen molar-refractivity contribution in [1.82, 2.24) is 5.32 Å². The molecular weight excluding hydrogens is 334 g/mol. The van der Waals surface area contributed by atoms with Gasteiger partial charge in [-0.25, -0.2) is 4.79 Å². The average Bonchev–Trinajstić information content (AvgIpc) is 2.67. The summed E-state index contributed by atoms with van der Waals surface area (Å²) in [6.07, 6.45) is -0.929. The number of amides is 1. The highest BCUT2D eigenvalue weighted by molar-refractivity contribution is 5.92. The summed E-state index contributed by atoms with van der Waals surface area (Å²) in [4.78, 5) is 24.6. The highest BCUT2D eigenvalue weighted by Crippen LogP contribution is 2.28. The molecule has 2 unspecified atom stereocenters. The smallest absolute Gasteiger partial charge is 0.339 e. The topological polar surface area (TPSA) is 73.9 Å². The summed E-state index contributed by atoms with van der Waals surface area (Å²) >= 11 is 0. The molecule has 26 heavy (non-hydrogen) atoms. The van der Waals surface area contributed by atoms with Crippen LogP contribution in [-0.2, 0) is 9.53 Å². The maximum absolute atomic E-state index is 12.3. The lowest BCUT2D eigenvalue weighted by atomic mass is 10.1. The van der Waals surface area contributed by atoms with Crippen molar-refractivity contribution >= 4 is 11.9 Å². The van der Waals surface area contributed by atoms with Gasteiger partial charge in [0, 0.05) is 0 Å². The van der Waals surface area contributed by atoms with Crippen LogP contribution in [0.2, 0.25) is 0 Å². The van der Waals surface area contributed by atoms with E-state index in [0.717, 1.165) is 5.56 Å². The third-order valence-corrected chi connectivity index (χ3v) is 3.93. The van der Waals surface area contributed by atoms with E-state index in [4.69, 9.17) is 14.2 Å². The first-order valence-electron chi connectivity index (χ1n) is 8.24. The van der Waals surface area contributed by atoms with Gasteiger partial charge in [-0.05, 0) is 37.6 Å². The van der Waals surface area contributed by atoms with Crippen molar-refractivity contribution in [3.05, 3.63) is 59.7 Å². The normalized spacial score (nSPS) is 12.6. The van der Waals surface area contributed by atoms with Crippen LogP contribution in [0.15, 0.2) is 48.5 Å². The van der Waals surface area contributed by atoms with Crippen molar-refractivity contribution in [2.75, 3.05) is 14.2 Å². The summed E-state index contributed by atoms with van der Waals surface area (Å²) in [5.41, 5.74) is 1.25. The predicted molar refractivity (Wildman–Crippen MR) is 97.4 cm³/mol. The molecular formula is C20H23NO5. The van der Waals surface area contributed by atoms with E-state index in [2.05, 4.69) is 5.32 Å². The quantitative estimate of drug-likeness (QED) is 0.771. The first-order chi connectivity index (χ1) is 12.5. The van der Waals surface area contributed by atoms with Crippen LogP contribution in [0.1, 0.15) is 35.8 Å². The molecule has 0 bridgehead atoms. The summed E-state index contributed by atoms with van der Waals surface area (Å²) < 4.78 is 15.6. The molecule has 6 heteroatoms. The second-order valence-corrected chi connectivity index (χ2v) is 5.76. The van der Waals surface area contributed by atoms with Gasteiger partial charge in [0.25, 0.3) is 5.91 Å². The van der Waals surface area contributed by atoms with Crippen LogP contribution in [0.3, 0.4) is 0 Å². The molecule has 0 aromatic heterocycles. The number of esters is 1. The van der Waals surface area contributed by atoms with Crippen molar-refractivity contribution in [3.8, 4) is 11.5 Å². The molecule has 2 aromatic rings. The average molecular weight is 357 g/mol. The molecule has 1 amide bonds. The molecule has 2 atom stereocenters. The van der Waals surface area contributed by atoms with Gasteiger partial charge in [0.15, 0.2) is 17.6 Å². The van der Waals surface area contributed by atoms with Crippen molar-refractivity contribution in [2.24, 2.45) is 0 Å². The van der Waals surface area contributed by atoms with Gasteiger partial charge in [0.05, 0.1) is 25.8 Å². The fraction of sp³-hybridized carbons (Fsp3) is 0.300. The van der Waals surface area contributed by atoms with Crippen LogP contribution < -0.4 is 14.8 Å². The summed E-state index contributed by atoms with van der Waals surface area (Å²) in [5, 5.41) is 2.83. The number of hydrogen-bond acceptors (Lipinski definition) is 5. The van der Waals surface area contributed by atoms with E-state index in [1.54, 1.807) is 12.1 Å². The largest absolute Gasteiger partial charge is 0.493 e. The Bertz CT molecular complexity index is 760. The van der Waals surface area contributed by atoms with Gasteiger partial charge in [-0.2, -0.15) is 0 Å². The minimum atomic E-state index is -0.929. The molecule has 0 saturated heterocycles. The molecule has 1 N–H and O–H groups in total. The van der Waals surface area contributed by atoms with E-state index in [9.17, 15) is 9.59 Å². The van der Waals surface area contributed by atoms with Crippen LogP contribution >= 0.6 is 0 Å². The molecule has 0 aliphatic heterocycles. The Morgan fingerprint density at radius 2 is 1.58 bits per heavy atom. The highest BCUT2D eigenvalue weighted by atomic mass is 16.5. The molecule has 138 valence electrons. The minimum Gasteiger partial charge on any atom is -0.493 e. The Morgan fingerprint density at radius 1 is 0.923 bits per heavy atom. The maximum Gasteiger partial charge on any atom is 0.339 e. The molecule has 0 spiro atoms. The van der Waals surface area contributed by atoms with Gasteiger partial charge in [-0.1, -0.05) is 30.3 Å². The van der Waals surface area contributed by atoms with E-state index >= 15 is 0 Å². The number of hydrogen-bond donors (Lipinski definition) is 1. The van der Waals surface area contributed by atoms with Crippen molar-refractivity contribution < 1.29 is 23.8 Å². The van der Waals surface area contributed by atoms with E-state index in [0.29, 0.717) is 11.5 Å². The van der Waals surface area contributed by atoms with Crippen molar-refractivity contribution in [1.29, 1.82) is 0 Å². The number of methoxy groups -OCH3 is 2. The second-order valence-electron chi connectivity index (χ2n) is 5.76. The zero-order chi connectivity index (χ0) is 19.1. The van der Waals surface area contributed by atoms with Crippen molar-refractivity contribution in [2.45, 2.75) is 26.0 Å². The van der Waals surface area contributed by atoms with E-state index in [1.165, 1.54) is 27.2 Å². The number of nitrogens with one attached hydrogen (secondary N) is 1. The van der Waals surface area contributed by atoms with E-state index in [1.807, 2.05) is 37.3 Å². The third kappa shape index (κ3) is 4.75. The lowest BCUT2D eigenvalue weighted by molar-refractivity contribution is -0.129. The fourth-order valence-electron chi connectivity index (χ4n) is 2.40. The van der Waals surface area contributed by atoms with Crippen LogP contribution in [-0.4, -0.2) is 32.2 Å². The predicted octanol–water partition coefficient (Wildman–Crippen LogP) is 3.13. The second kappa shape index (κ2) is 8.89. The molecule has 0 fully saturated rings. The van der Waals surface area contributed by atoms with Gasteiger partial charge in [-0.3, -0.25) is 4.79 Å². The first kappa shape index (κ1) is 19.3. The third-order valence-electron chi connectivity index (χ3n) is 3.93. The van der Waals surface area contributed by atoms with Gasteiger partial charge in [-0.15, -0.1) is 0 Å². The number of carbonyl (C=O) groups is 2. The highest BCUT2D eigenvalue weighted by Gasteiger charge is 2.21. The zero-order valence-corrected chi connectivity index (χ0v) is 15.3. The lowest BCUT2D eigenvalue weighted by Crippen LogP contribution is -2.37. The number of rotatable bonds is 7. The van der Waals surface area contributed by atoms with Gasteiger partial charge < -0.3 is 19.5 Å². The van der Waals surface area contributed by atoms with Gasteiger partial charge >= 0.3 is 5.97 Å². The molecule has 2 rings (SSSR count). The van der Waals surface area contributed by atoms with E-state index in [-0.39, 0.29) is 17.5 Å². The Kier molecular flexibility index (Phi) is 6.60. The molecule has 2 aromatic carbocycles. The van der Waals surface area contributed by atoms with Crippen LogP contribution in [0.5, 0.6) is 11.5 Å². The van der Waals surface area contributed by atoms with E-state index < -0.39 is 12.1 Å². The Morgan fingerprint density at radius 3 is 2.19 bits per heavy atom. The monoisotopic (exact) mass is 357 g/mol. The number of benzene rings is 2. The Hall–Kier alpha value is -3.02. The first-order valence-corrected chi connectivity index (χ1v) is 8.24. The summed E-state index contributed by atoms with van der Waals surface area (Å²) in [5.74, 6) is -0.0561. The maximum atomic E-state index is 12.3. The summed E-state index contributed by atoms with van der Waals surface area (Å²) in [6.45, 7) is 3.40. The molecule has 0 aliphatic rings. The SMILES string of the molecule is COc1ccc(C(=O)OC(C)C(=O)NC(C)c2ccccc2)cc1OC. The molecule has 6 nitrogen and oxygen atoms in total. The van der Waals surface area contributed by atoms with Crippen LogP contribution in [0.4, 0.5) is 0 Å². The molecule has 0 saturated carbocycles. The Balaban J connectivity index is 1.99. The molecule has 0 heterocycles. The number of ether oxygens (including phenoxy) is 3. The molecule has 0 radical (unpaired) electrons.